The van der Waals surface area contributed by atoms with Gasteiger partial charge in [-0.05, 0) is 29.8 Å². The number of aromatic nitrogens is 2. The number of nitrogens with zero attached hydrogens (tertiary/aromatic N) is 4. The van der Waals surface area contributed by atoms with Crippen LogP contribution in [0.1, 0.15) is 17.2 Å². The van der Waals surface area contributed by atoms with Gasteiger partial charge in [-0.15, -0.1) is 0 Å². The molecule has 1 unspecified atom stereocenters. The molecule has 8 heteroatoms. The molecule has 1 aliphatic heterocycles. The molecule has 0 spiro atoms. The van der Waals surface area contributed by atoms with Crippen LogP contribution in [0.2, 0.25) is 0 Å². The van der Waals surface area contributed by atoms with Gasteiger partial charge in [-0.25, -0.2) is 9.97 Å². The lowest BCUT2D eigenvalue weighted by atomic mass is 10.0. The number of nitriles is 1. The Morgan fingerprint density at radius 3 is 2.65 bits per heavy atom. The normalized spacial score (nSPS) is 14.6. The third kappa shape index (κ3) is 4.57. The molecule has 0 bridgehead atoms. The smallest absolute Gasteiger partial charge is 0.243 e. The highest BCUT2D eigenvalue weighted by atomic mass is 16.5. The van der Waals surface area contributed by atoms with E-state index in [1.807, 2.05) is 53.4 Å². The first-order valence-electron chi connectivity index (χ1n) is 10.1. The zero-order chi connectivity index (χ0) is 21.6. The van der Waals surface area contributed by atoms with Gasteiger partial charge in [0.05, 0.1) is 37.4 Å². The molecule has 1 amide bonds. The number of fused-ring (bicyclic) bond motifs is 1. The summed E-state index contributed by atoms with van der Waals surface area (Å²) in [7, 11) is 1.59. The molecule has 0 aliphatic carbocycles. The van der Waals surface area contributed by atoms with Gasteiger partial charge in [0, 0.05) is 19.6 Å². The summed E-state index contributed by atoms with van der Waals surface area (Å²) in [5.74, 6) is -0.228. The molecule has 158 valence electrons. The lowest BCUT2D eigenvalue weighted by molar-refractivity contribution is -0.121. The van der Waals surface area contributed by atoms with Gasteiger partial charge in [-0.1, -0.05) is 24.3 Å². The summed E-state index contributed by atoms with van der Waals surface area (Å²) >= 11 is 0. The maximum atomic E-state index is 13.0. The number of rotatable bonds is 6. The summed E-state index contributed by atoms with van der Waals surface area (Å²) in [5, 5.41) is 12.7. The number of anilines is 1. The Labute approximate surface area is 180 Å². The van der Waals surface area contributed by atoms with Crippen LogP contribution in [0.3, 0.4) is 0 Å². The Morgan fingerprint density at radius 1 is 1.19 bits per heavy atom. The van der Waals surface area contributed by atoms with Crippen molar-refractivity contribution < 1.29 is 14.3 Å². The van der Waals surface area contributed by atoms with E-state index in [4.69, 9.17) is 14.5 Å². The molecule has 2 heterocycles. The minimum atomic E-state index is -1.08. The number of hydrogen-bond acceptors (Lipinski definition) is 7. The second kappa shape index (κ2) is 9.41. The topological polar surface area (TPSA) is 100 Å². The third-order valence-corrected chi connectivity index (χ3v) is 5.15. The highest BCUT2D eigenvalue weighted by Gasteiger charge is 2.29. The molecule has 4 rings (SSSR count). The lowest BCUT2D eigenvalue weighted by Gasteiger charge is -2.29. The van der Waals surface area contributed by atoms with E-state index >= 15 is 0 Å². The van der Waals surface area contributed by atoms with E-state index in [-0.39, 0.29) is 6.54 Å². The molecule has 0 saturated carbocycles. The summed E-state index contributed by atoms with van der Waals surface area (Å²) in [6.45, 7) is 2.66. The number of benzene rings is 2. The minimum Gasteiger partial charge on any atom is -0.497 e. The largest absolute Gasteiger partial charge is 0.497 e. The van der Waals surface area contributed by atoms with Gasteiger partial charge >= 0.3 is 0 Å². The average Bonchev–Trinajstić information content (AvgIpc) is 2.83. The van der Waals surface area contributed by atoms with Crippen molar-refractivity contribution >= 4 is 22.8 Å². The molecular weight excluding hydrogens is 394 g/mol. The number of ether oxygens (including phenoxy) is 2. The van der Waals surface area contributed by atoms with Crippen LogP contribution in [-0.2, 0) is 16.1 Å². The maximum absolute atomic E-state index is 13.0. The molecule has 3 aromatic rings. The van der Waals surface area contributed by atoms with Crippen molar-refractivity contribution in [2.24, 2.45) is 0 Å². The van der Waals surface area contributed by atoms with E-state index < -0.39 is 11.8 Å². The van der Waals surface area contributed by atoms with Crippen molar-refractivity contribution in [3.05, 3.63) is 59.8 Å². The lowest BCUT2D eigenvalue weighted by Crippen LogP contribution is -2.38. The average molecular weight is 417 g/mol. The van der Waals surface area contributed by atoms with Crippen LogP contribution in [0.15, 0.2) is 48.5 Å². The van der Waals surface area contributed by atoms with Crippen LogP contribution in [0.5, 0.6) is 5.75 Å². The molecule has 1 saturated heterocycles. The van der Waals surface area contributed by atoms with Gasteiger partial charge in [0.15, 0.2) is 11.7 Å². The number of morpholine rings is 1. The number of carbonyl (C=O) groups excluding carboxylic acids is 1. The van der Waals surface area contributed by atoms with Gasteiger partial charge in [0.25, 0.3) is 0 Å². The first-order valence-corrected chi connectivity index (χ1v) is 10.1. The molecule has 2 aromatic carbocycles. The predicted octanol–water partition coefficient (Wildman–Crippen LogP) is 2.40. The van der Waals surface area contributed by atoms with Gasteiger partial charge in [-0.3, -0.25) is 4.79 Å². The van der Waals surface area contributed by atoms with E-state index in [1.54, 1.807) is 7.11 Å². The summed E-state index contributed by atoms with van der Waals surface area (Å²) in [5.41, 5.74) is 2.62. The van der Waals surface area contributed by atoms with Crippen LogP contribution in [-0.4, -0.2) is 49.3 Å². The monoisotopic (exact) mass is 417 g/mol. The third-order valence-electron chi connectivity index (χ3n) is 5.15. The minimum absolute atomic E-state index is 0.280. The number of nitrogens with one attached hydrogen (secondary N) is 1. The maximum Gasteiger partial charge on any atom is 0.243 e. The van der Waals surface area contributed by atoms with Crippen molar-refractivity contribution in [3.8, 4) is 11.8 Å². The van der Waals surface area contributed by atoms with Gasteiger partial charge in [-0.2, -0.15) is 5.26 Å². The summed E-state index contributed by atoms with van der Waals surface area (Å²) < 4.78 is 10.7. The van der Waals surface area contributed by atoms with Crippen molar-refractivity contribution in [1.29, 1.82) is 5.26 Å². The Bertz CT molecular complexity index is 1120. The van der Waals surface area contributed by atoms with E-state index in [0.717, 1.165) is 11.1 Å². The molecule has 8 nitrogen and oxygen atoms in total. The fourth-order valence-corrected chi connectivity index (χ4v) is 3.52. The number of para-hydroxylation sites is 2. The first-order chi connectivity index (χ1) is 15.2. The van der Waals surface area contributed by atoms with E-state index in [1.165, 1.54) is 0 Å². The van der Waals surface area contributed by atoms with Crippen molar-refractivity contribution in [3.63, 3.8) is 0 Å². The standard InChI is InChI=1S/C23H23N5O3/c1-30-17-6-4-5-16(13-17)15-25-23(29)18(14-24)21-22(28-9-11-31-12-10-28)27-20-8-3-2-7-19(20)26-21/h2-8,13,18H,9-12,15H2,1H3,(H,25,29). The Balaban J connectivity index is 1.63. The van der Waals surface area contributed by atoms with E-state index in [2.05, 4.69) is 16.4 Å². The van der Waals surface area contributed by atoms with Crippen LogP contribution in [0.25, 0.3) is 11.0 Å². The molecule has 1 N–H and O–H groups in total. The second-order valence-electron chi connectivity index (χ2n) is 7.15. The number of methoxy groups -OCH3 is 1. The molecule has 1 atom stereocenters. The summed E-state index contributed by atoms with van der Waals surface area (Å²) in [6, 6.07) is 17.0. The van der Waals surface area contributed by atoms with Crippen molar-refractivity contribution in [2.45, 2.75) is 12.5 Å². The summed E-state index contributed by atoms with van der Waals surface area (Å²) in [6.07, 6.45) is 0. The molecule has 1 aliphatic rings. The van der Waals surface area contributed by atoms with Crippen molar-refractivity contribution in [2.75, 3.05) is 38.3 Å². The van der Waals surface area contributed by atoms with Gasteiger partial charge in [0.1, 0.15) is 11.4 Å². The predicted molar refractivity (Wildman–Crippen MR) is 116 cm³/mol. The van der Waals surface area contributed by atoms with Crippen LogP contribution in [0, 0.1) is 11.3 Å². The number of carbonyl (C=O) groups is 1. The molecular formula is C23H23N5O3. The van der Waals surface area contributed by atoms with Crippen LogP contribution < -0.4 is 15.0 Å². The van der Waals surface area contributed by atoms with E-state index in [9.17, 15) is 10.1 Å². The first kappa shape index (κ1) is 20.6. The van der Waals surface area contributed by atoms with E-state index in [0.29, 0.717) is 49.1 Å². The van der Waals surface area contributed by atoms with Crippen molar-refractivity contribution in [1.82, 2.24) is 15.3 Å². The highest BCUT2D eigenvalue weighted by molar-refractivity contribution is 5.88. The van der Waals surface area contributed by atoms with Gasteiger partial charge < -0.3 is 19.7 Å². The fourth-order valence-electron chi connectivity index (χ4n) is 3.52. The second-order valence-corrected chi connectivity index (χ2v) is 7.15. The van der Waals surface area contributed by atoms with Crippen LogP contribution >= 0.6 is 0 Å². The van der Waals surface area contributed by atoms with Gasteiger partial charge in [0.2, 0.25) is 5.91 Å². The number of amides is 1. The quantitative estimate of drug-likeness (QED) is 0.657. The molecule has 1 aromatic heterocycles. The summed E-state index contributed by atoms with van der Waals surface area (Å²) in [4.78, 5) is 24.5. The zero-order valence-electron chi connectivity index (χ0n) is 17.2. The molecule has 1 fully saturated rings. The Hall–Kier alpha value is -3.70. The highest BCUT2D eigenvalue weighted by Crippen LogP contribution is 2.28. The zero-order valence-corrected chi connectivity index (χ0v) is 17.2. The number of hydrogen-bond donors (Lipinski definition) is 1. The van der Waals surface area contributed by atoms with Crippen LogP contribution in [0.4, 0.5) is 5.82 Å². The SMILES string of the molecule is COc1cccc(CNC(=O)C(C#N)c2nc3ccccc3nc2N2CCOCC2)c1. The molecule has 31 heavy (non-hydrogen) atoms. The fraction of sp³-hybridized carbons (Fsp3) is 0.304. The molecule has 0 radical (unpaired) electrons. The Kier molecular flexibility index (Phi) is 6.24. The Morgan fingerprint density at radius 2 is 1.94 bits per heavy atom.